The minimum atomic E-state index is -0.213. The molecule has 0 bridgehead atoms. The molecule has 0 N–H and O–H groups in total. The molecule has 0 radical (unpaired) electrons. The van der Waals surface area contributed by atoms with Crippen LogP contribution in [0.2, 0.25) is 0 Å². The van der Waals surface area contributed by atoms with Crippen LogP contribution in [-0.4, -0.2) is 26.2 Å². The topological polar surface area (TPSA) is 31.2 Å². The highest BCUT2D eigenvalue weighted by Crippen LogP contribution is 2.48. The van der Waals surface area contributed by atoms with Crippen LogP contribution < -0.4 is 4.90 Å². The summed E-state index contributed by atoms with van der Waals surface area (Å²) in [5.74, 6) is -0.213. The zero-order valence-electron chi connectivity index (χ0n) is 12.0. The Morgan fingerprint density at radius 1 is 1.05 bits per heavy atom. The van der Waals surface area contributed by atoms with E-state index in [1.807, 2.05) is 39.3 Å². The molecular weight excluding hydrogens is 287 g/mol. The van der Waals surface area contributed by atoms with Crippen LogP contribution in [0.4, 0.5) is 21.5 Å². The highest BCUT2D eigenvalue weighted by Gasteiger charge is 2.21. The zero-order chi connectivity index (χ0) is 15.0. The average Bonchev–Trinajstić information content (AvgIpc) is 2.45. The molecule has 0 saturated heterocycles. The number of nitrogens with zero attached hydrogens (tertiary/aromatic N) is 4. The molecule has 2 aromatic carbocycles. The molecule has 0 spiro atoms. The van der Waals surface area contributed by atoms with Crippen molar-refractivity contribution in [1.29, 1.82) is 0 Å². The first-order valence-electron chi connectivity index (χ1n) is 6.49. The number of hydrogen-bond donors (Lipinski definition) is 0. The van der Waals surface area contributed by atoms with Gasteiger partial charge < -0.3 is 4.90 Å². The SMILES string of the molecule is CN(C)N=Nc1ccc2c(c1)N(C)c1ccc(F)cc1S2. The second-order valence-corrected chi connectivity index (χ2v) is 6.05. The van der Waals surface area contributed by atoms with E-state index in [2.05, 4.69) is 15.2 Å². The van der Waals surface area contributed by atoms with Crippen LogP contribution in [0.3, 0.4) is 0 Å². The molecule has 0 unspecified atom stereocenters. The van der Waals surface area contributed by atoms with Crippen molar-refractivity contribution in [2.24, 2.45) is 10.3 Å². The molecule has 6 heteroatoms. The summed E-state index contributed by atoms with van der Waals surface area (Å²) in [6, 6.07) is 10.7. The van der Waals surface area contributed by atoms with E-state index in [9.17, 15) is 4.39 Å². The fourth-order valence-electron chi connectivity index (χ4n) is 2.15. The van der Waals surface area contributed by atoms with Crippen LogP contribution in [0, 0.1) is 5.82 Å². The standard InChI is InChI=1S/C15H15FN4S/c1-19(2)18-17-11-5-7-14-13(9-11)20(3)12-6-4-10(16)8-15(12)21-14/h4-9H,1-3H3. The number of anilines is 2. The fourth-order valence-corrected chi connectivity index (χ4v) is 3.31. The Morgan fingerprint density at radius 2 is 1.86 bits per heavy atom. The van der Waals surface area contributed by atoms with Gasteiger partial charge in [-0.15, -0.1) is 5.11 Å². The largest absolute Gasteiger partial charge is 0.343 e. The van der Waals surface area contributed by atoms with Gasteiger partial charge in [0.05, 0.1) is 17.1 Å². The summed E-state index contributed by atoms with van der Waals surface area (Å²) in [6.07, 6.45) is 0. The summed E-state index contributed by atoms with van der Waals surface area (Å²) in [6.45, 7) is 0. The Hall–Kier alpha value is -2.08. The molecule has 108 valence electrons. The van der Waals surface area contributed by atoms with Crippen LogP contribution in [0.1, 0.15) is 0 Å². The van der Waals surface area contributed by atoms with Gasteiger partial charge in [-0.05, 0) is 36.4 Å². The highest BCUT2D eigenvalue weighted by atomic mass is 32.2. The summed E-state index contributed by atoms with van der Waals surface area (Å²) in [5, 5.41) is 9.83. The van der Waals surface area contributed by atoms with Gasteiger partial charge in [0, 0.05) is 30.9 Å². The predicted octanol–water partition coefficient (Wildman–Crippen LogP) is 4.62. The Kier molecular flexibility index (Phi) is 3.55. The van der Waals surface area contributed by atoms with Crippen molar-refractivity contribution in [3.63, 3.8) is 0 Å². The predicted molar refractivity (Wildman–Crippen MR) is 83.2 cm³/mol. The van der Waals surface area contributed by atoms with Crippen molar-refractivity contribution in [1.82, 2.24) is 5.01 Å². The molecule has 0 aromatic heterocycles. The van der Waals surface area contributed by atoms with Crippen molar-refractivity contribution in [3.8, 4) is 0 Å². The van der Waals surface area contributed by atoms with Gasteiger partial charge in [-0.1, -0.05) is 17.0 Å². The molecule has 0 fully saturated rings. The van der Waals surface area contributed by atoms with Gasteiger partial charge in [0.2, 0.25) is 0 Å². The molecule has 21 heavy (non-hydrogen) atoms. The van der Waals surface area contributed by atoms with E-state index in [0.29, 0.717) is 0 Å². The minimum absolute atomic E-state index is 0.213. The summed E-state index contributed by atoms with van der Waals surface area (Å²) >= 11 is 1.57. The molecule has 0 saturated carbocycles. The number of fused-ring (bicyclic) bond motifs is 2. The molecule has 2 aromatic rings. The molecule has 1 aliphatic heterocycles. The summed E-state index contributed by atoms with van der Waals surface area (Å²) < 4.78 is 13.4. The van der Waals surface area contributed by atoms with Crippen LogP contribution >= 0.6 is 11.8 Å². The van der Waals surface area contributed by atoms with Gasteiger partial charge in [-0.3, -0.25) is 5.01 Å². The van der Waals surface area contributed by atoms with Gasteiger partial charge in [-0.2, -0.15) is 0 Å². The fraction of sp³-hybridized carbons (Fsp3) is 0.200. The maximum absolute atomic E-state index is 13.4. The quantitative estimate of drug-likeness (QED) is 0.599. The lowest BCUT2D eigenvalue weighted by Crippen LogP contribution is -2.14. The van der Waals surface area contributed by atoms with E-state index in [-0.39, 0.29) is 5.82 Å². The summed E-state index contributed by atoms with van der Waals surface area (Å²) in [5.41, 5.74) is 2.84. The second-order valence-electron chi connectivity index (χ2n) is 4.96. The first-order valence-corrected chi connectivity index (χ1v) is 7.30. The lowest BCUT2D eigenvalue weighted by molar-refractivity contribution is 0.408. The smallest absolute Gasteiger partial charge is 0.124 e. The van der Waals surface area contributed by atoms with Gasteiger partial charge in [0.15, 0.2) is 0 Å². The monoisotopic (exact) mass is 302 g/mol. The van der Waals surface area contributed by atoms with Gasteiger partial charge in [-0.25, -0.2) is 4.39 Å². The Balaban J connectivity index is 2.00. The van der Waals surface area contributed by atoms with E-state index in [4.69, 9.17) is 0 Å². The highest BCUT2D eigenvalue weighted by molar-refractivity contribution is 7.99. The van der Waals surface area contributed by atoms with E-state index in [1.165, 1.54) is 6.07 Å². The van der Waals surface area contributed by atoms with Crippen LogP contribution in [0.5, 0.6) is 0 Å². The van der Waals surface area contributed by atoms with Crippen molar-refractivity contribution in [2.75, 3.05) is 26.0 Å². The molecule has 0 amide bonds. The van der Waals surface area contributed by atoms with E-state index in [1.54, 1.807) is 28.9 Å². The van der Waals surface area contributed by atoms with Gasteiger partial charge in [0.1, 0.15) is 5.82 Å². The van der Waals surface area contributed by atoms with Crippen LogP contribution in [0.15, 0.2) is 56.5 Å². The molecule has 4 nitrogen and oxygen atoms in total. The molecule has 0 aliphatic carbocycles. The number of rotatable bonds is 2. The minimum Gasteiger partial charge on any atom is -0.343 e. The Morgan fingerprint density at radius 3 is 2.62 bits per heavy atom. The summed E-state index contributed by atoms with van der Waals surface area (Å²) in [4.78, 5) is 4.06. The maximum atomic E-state index is 13.4. The third-order valence-electron chi connectivity index (χ3n) is 3.15. The van der Waals surface area contributed by atoms with E-state index < -0.39 is 0 Å². The van der Waals surface area contributed by atoms with Crippen LogP contribution in [-0.2, 0) is 0 Å². The number of halogens is 1. The Labute approximate surface area is 127 Å². The Bertz CT molecular complexity index is 715. The molecular formula is C15H15FN4S. The van der Waals surface area contributed by atoms with Gasteiger partial charge in [0.25, 0.3) is 0 Å². The molecule has 0 atom stereocenters. The number of hydrogen-bond acceptors (Lipinski definition) is 4. The van der Waals surface area contributed by atoms with Crippen molar-refractivity contribution in [2.45, 2.75) is 9.79 Å². The van der Waals surface area contributed by atoms with Crippen molar-refractivity contribution < 1.29 is 4.39 Å². The molecule has 1 aliphatic rings. The third-order valence-corrected chi connectivity index (χ3v) is 4.26. The lowest BCUT2D eigenvalue weighted by atomic mass is 10.2. The second kappa shape index (κ2) is 5.37. The van der Waals surface area contributed by atoms with Crippen LogP contribution in [0.25, 0.3) is 0 Å². The average molecular weight is 302 g/mol. The molecule has 3 rings (SSSR count). The third kappa shape index (κ3) is 2.71. The lowest BCUT2D eigenvalue weighted by Gasteiger charge is -2.29. The normalized spacial score (nSPS) is 13.2. The number of benzene rings is 2. The van der Waals surface area contributed by atoms with Crippen molar-refractivity contribution in [3.05, 3.63) is 42.2 Å². The first kappa shape index (κ1) is 13.9. The van der Waals surface area contributed by atoms with E-state index >= 15 is 0 Å². The van der Waals surface area contributed by atoms with Gasteiger partial charge >= 0.3 is 0 Å². The maximum Gasteiger partial charge on any atom is 0.124 e. The zero-order valence-corrected chi connectivity index (χ0v) is 12.9. The van der Waals surface area contributed by atoms with Crippen molar-refractivity contribution >= 4 is 28.8 Å². The van der Waals surface area contributed by atoms with E-state index in [0.717, 1.165) is 26.9 Å². The first-order chi connectivity index (χ1) is 10.0. The summed E-state index contributed by atoms with van der Waals surface area (Å²) in [7, 11) is 5.63. The molecule has 1 heterocycles.